The van der Waals surface area contributed by atoms with Crippen LogP contribution in [0.3, 0.4) is 0 Å². The molecule has 0 amide bonds. The number of carbonyl (C=O) groups is 1. The maximum Gasteiger partial charge on any atom is 0.338 e. The molecule has 10 heavy (non-hydrogen) atoms. The van der Waals surface area contributed by atoms with Crippen molar-refractivity contribution in [2.24, 2.45) is 0 Å². The van der Waals surface area contributed by atoms with E-state index in [1.807, 2.05) is 0 Å². The Hall–Kier alpha value is -0.570. The van der Waals surface area contributed by atoms with Crippen LogP contribution in [0.1, 0.15) is 19.8 Å². The number of ether oxygens (including phenoxy) is 2. The average Bonchev–Trinajstić information content (AvgIpc) is 2.59. The molecular weight excluding hydrogens is 132 g/mol. The minimum absolute atomic E-state index is 0.0579. The minimum atomic E-state index is -0.198. The SMILES string of the molecule is CCC[C@H]1OC(=O)[C@@H]2O[C@H]12. The maximum absolute atomic E-state index is 10.8. The minimum Gasteiger partial charge on any atom is -0.457 e. The number of carbonyl (C=O) groups excluding carboxylic acids is 1. The van der Waals surface area contributed by atoms with Crippen LogP contribution in [0.25, 0.3) is 0 Å². The Labute approximate surface area is 59.3 Å². The van der Waals surface area contributed by atoms with E-state index in [9.17, 15) is 4.79 Å². The molecule has 2 aliphatic rings. The summed E-state index contributed by atoms with van der Waals surface area (Å²) in [7, 11) is 0. The van der Waals surface area contributed by atoms with Gasteiger partial charge in [-0.2, -0.15) is 0 Å². The molecule has 2 aliphatic heterocycles. The summed E-state index contributed by atoms with van der Waals surface area (Å²) in [6.45, 7) is 2.07. The van der Waals surface area contributed by atoms with Crippen LogP contribution in [0.5, 0.6) is 0 Å². The molecule has 3 nitrogen and oxygen atoms in total. The van der Waals surface area contributed by atoms with Gasteiger partial charge in [0.1, 0.15) is 12.2 Å². The third-order valence-electron chi connectivity index (χ3n) is 1.96. The van der Waals surface area contributed by atoms with Crippen molar-refractivity contribution >= 4 is 5.97 Å². The van der Waals surface area contributed by atoms with Crippen molar-refractivity contribution in [1.29, 1.82) is 0 Å². The summed E-state index contributed by atoms with van der Waals surface area (Å²) in [6.07, 6.45) is 1.95. The normalized spacial score (nSPS) is 42.9. The second-order valence-electron chi connectivity index (χ2n) is 2.79. The summed E-state index contributed by atoms with van der Waals surface area (Å²) in [5.41, 5.74) is 0. The van der Waals surface area contributed by atoms with Crippen LogP contribution in [-0.4, -0.2) is 24.3 Å². The van der Waals surface area contributed by atoms with Gasteiger partial charge in [0.2, 0.25) is 0 Å². The van der Waals surface area contributed by atoms with Crippen LogP contribution in [0.15, 0.2) is 0 Å². The van der Waals surface area contributed by atoms with Crippen LogP contribution >= 0.6 is 0 Å². The van der Waals surface area contributed by atoms with Gasteiger partial charge in [-0.25, -0.2) is 4.79 Å². The molecular formula is C7H10O3. The second-order valence-corrected chi connectivity index (χ2v) is 2.79. The standard InChI is InChI=1S/C7H10O3/c1-2-3-4-5-6(10-5)7(8)9-4/h4-6H,2-3H2,1H3/t4-,5-,6-/m1/s1. The Morgan fingerprint density at radius 1 is 1.60 bits per heavy atom. The molecule has 0 bridgehead atoms. The molecule has 0 aromatic carbocycles. The zero-order chi connectivity index (χ0) is 7.14. The van der Waals surface area contributed by atoms with Crippen LogP contribution < -0.4 is 0 Å². The molecule has 2 heterocycles. The topological polar surface area (TPSA) is 38.8 Å². The molecule has 3 heteroatoms. The smallest absolute Gasteiger partial charge is 0.338 e. The highest BCUT2D eigenvalue weighted by Gasteiger charge is 2.58. The number of hydrogen-bond donors (Lipinski definition) is 0. The first-order chi connectivity index (χ1) is 4.83. The molecule has 3 atom stereocenters. The van der Waals surface area contributed by atoms with Crippen molar-refractivity contribution in [3.8, 4) is 0 Å². The van der Waals surface area contributed by atoms with Gasteiger partial charge in [0.05, 0.1) is 0 Å². The van der Waals surface area contributed by atoms with Gasteiger partial charge in [-0.3, -0.25) is 0 Å². The van der Waals surface area contributed by atoms with Gasteiger partial charge in [-0.05, 0) is 6.42 Å². The third kappa shape index (κ3) is 0.736. The van der Waals surface area contributed by atoms with Crippen molar-refractivity contribution in [2.75, 3.05) is 0 Å². The second kappa shape index (κ2) is 1.95. The van der Waals surface area contributed by atoms with Crippen molar-refractivity contribution in [3.05, 3.63) is 0 Å². The van der Waals surface area contributed by atoms with E-state index >= 15 is 0 Å². The summed E-state index contributed by atoms with van der Waals surface area (Å²) in [4.78, 5) is 10.8. The van der Waals surface area contributed by atoms with Gasteiger partial charge < -0.3 is 9.47 Å². The number of epoxide rings is 1. The highest BCUT2D eigenvalue weighted by Crippen LogP contribution is 2.37. The van der Waals surface area contributed by atoms with E-state index in [1.54, 1.807) is 0 Å². The van der Waals surface area contributed by atoms with Gasteiger partial charge in [-0.15, -0.1) is 0 Å². The number of hydrogen-bond acceptors (Lipinski definition) is 3. The molecule has 0 radical (unpaired) electrons. The third-order valence-corrected chi connectivity index (χ3v) is 1.96. The van der Waals surface area contributed by atoms with Crippen molar-refractivity contribution in [1.82, 2.24) is 0 Å². The first-order valence-electron chi connectivity index (χ1n) is 3.69. The highest BCUT2D eigenvalue weighted by molar-refractivity contribution is 5.81. The largest absolute Gasteiger partial charge is 0.457 e. The average molecular weight is 142 g/mol. The fourth-order valence-corrected chi connectivity index (χ4v) is 1.39. The Morgan fingerprint density at radius 3 is 2.80 bits per heavy atom. The molecule has 2 rings (SSSR count). The van der Waals surface area contributed by atoms with E-state index in [0.717, 1.165) is 12.8 Å². The van der Waals surface area contributed by atoms with Gasteiger partial charge in [-0.1, -0.05) is 13.3 Å². The zero-order valence-electron chi connectivity index (χ0n) is 5.87. The lowest BCUT2D eigenvalue weighted by atomic mass is 10.1. The Bertz CT molecular complexity index is 166. The van der Waals surface area contributed by atoms with E-state index in [-0.39, 0.29) is 24.3 Å². The first-order valence-corrected chi connectivity index (χ1v) is 3.69. The molecule has 56 valence electrons. The van der Waals surface area contributed by atoms with E-state index in [0.29, 0.717) is 0 Å². The lowest BCUT2D eigenvalue weighted by molar-refractivity contribution is -0.149. The predicted octanol–water partition coefficient (Wildman–Crippen LogP) is 0.479. The lowest BCUT2D eigenvalue weighted by Crippen LogP contribution is -2.15. The first kappa shape index (κ1) is 6.16. The predicted molar refractivity (Wildman–Crippen MR) is 33.4 cm³/mol. The Morgan fingerprint density at radius 2 is 2.40 bits per heavy atom. The molecule has 0 saturated carbocycles. The van der Waals surface area contributed by atoms with Gasteiger partial charge in [0.15, 0.2) is 6.10 Å². The number of rotatable bonds is 2. The molecule has 2 fully saturated rings. The summed E-state index contributed by atoms with van der Waals surface area (Å²) >= 11 is 0. The Balaban J connectivity index is 1.95. The summed E-state index contributed by atoms with van der Waals surface area (Å²) in [5, 5.41) is 0. The fraction of sp³-hybridized carbons (Fsp3) is 0.857. The summed E-state index contributed by atoms with van der Waals surface area (Å²) in [5.74, 6) is -0.163. The molecule has 0 aliphatic carbocycles. The number of cyclic esters (lactones) is 1. The molecule has 0 aromatic heterocycles. The summed E-state index contributed by atoms with van der Waals surface area (Å²) in [6, 6.07) is 0. The van der Waals surface area contributed by atoms with Gasteiger partial charge in [0, 0.05) is 0 Å². The number of esters is 1. The van der Waals surface area contributed by atoms with Gasteiger partial charge in [0.25, 0.3) is 0 Å². The summed E-state index contributed by atoms with van der Waals surface area (Å²) < 4.78 is 10.1. The van der Waals surface area contributed by atoms with Crippen LogP contribution in [-0.2, 0) is 14.3 Å². The Kier molecular flexibility index (Phi) is 1.20. The van der Waals surface area contributed by atoms with E-state index < -0.39 is 0 Å². The molecule has 0 unspecified atom stereocenters. The highest BCUT2D eigenvalue weighted by atomic mass is 16.7. The monoisotopic (exact) mass is 142 g/mol. The van der Waals surface area contributed by atoms with E-state index in [2.05, 4.69) is 6.92 Å². The number of fused-ring (bicyclic) bond motifs is 1. The van der Waals surface area contributed by atoms with E-state index in [1.165, 1.54) is 0 Å². The van der Waals surface area contributed by atoms with Crippen LogP contribution in [0.2, 0.25) is 0 Å². The quantitative estimate of drug-likeness (QED) is 0.416. The van der Waals surface area contributed by atoms with E-state index in [4.69, 9.17) is 9.47 Å². The van der Waals surface area contributed by atoms with Crippen molar-refractivity contribution in [3.63, 3.8) is 0 Å². The molecule has 0 N–H and O–H groups in total. The fourth-order valence-electron chi connectivity index (χ4n) is 1.39. The van der Waals surface area contributed by atoms with Crippen molar-refractivity contribution in [2.45, 2.75) is 38.1 Å². The molecule has 2 saturated heterocycles. The van der Waals surface area contributed by atoms with Crippen molar-refractivity contribution < 1.29 is 14.3 Å². The molecule has 0 spiro atoms. The maximum atomic E-state index is 10.8. The lowest BCUT2D eigenvalue weighted by Gasteiger charge is -2.08. The zero-order valence-corrected chi connectivity index (χ0v) is 5.87. The van der Waals surface area contributed by atoms with Crippen LogP contribution in [0, 0.1) is 0 Å². The van der Waals surface area contributed by atoms with Crippen LogP contribution in [0.4, 0.5) is 0 Å². The van der Waals surface area contributed by atoms with Gasteiger partial charge >= 0.3 is 5.97 Å². The molecule has 0 aromatic rings.